The molecule has 0 spiro atoms. The van der Waals surface area contributed by atoms with Gasteiger partial charge >= 0.3 is 0 Å². The highest BCUT2D eigenvalue weighted by atomic mass is 19.1. The zero-order chi connectivity index (χ0) is 15.6. The lowest BCUT2D eigenvalue weighted by Crippen LogP contribution is -2.42. The maximum Gasteiger partial charge on any atom is 0.126 e. The number of hydrogen-bond acceptors (Lipinski definition) is 1. The minimum Gasteiger partial charge on any atom is -0.312 e. The lowest BCUT2D eigenvalue weighted by Gasteiger charge is -2.34. The van der Waals surface area contributed by atoms with Gasteiger partial charge in [-0.05, 0) is 68.8 Å². The second kappa shape index (κ2) is 6.21. The molecule has 20 heavy (non-hydrogen) atoms. The van der Waals surface area contributed by atoms with Crippen LogP contribution in [-0.2, 0) is 6.42 Å². The predicted octanol–water partition coefficient (Wildman–Crippen LogP) is 4.56. The summed E-state index contributed by atoms with van der Waals surface area (Å²) in [5.41, 5.74) is 0.502. The standard InChI is InChI=1S/C17H27F2N/c1-16(2,3)13(11-20-17(4,5)6)9-12-10-14(18)7-8-15(12)19/h7-8,10,13,20H,9,11H2,1-6H3. The van der Waals surface area contributed by atoms with Gasteiger partial charge in [-0.2, -0.15) is 0 Å². The average Bonchev–Trinajstić information content (AvgIpc) is 2.25. The van der Waals surface area contributed by atoms with Crippen molar-refractivity contribution in [1.82, 2.24) is 5.32 Å². The van der Waals surface area contributed by atoms with Crippen LogP contribution in [0.15, 0.2) is 18.2 Å². The molecule has 1 aromatic carbocycles. The quantitative estimate of drug-likeness (QED) is 0.854. The average molecular weight is 283 g/mol. The van der Waals surface area contributed by atoms with Crippen molar-refractivity contribution in [2.24, 2.45) is 11.3 Å². The zero-order valence-corrected chi connectivity index (χ0v) is 13.5. The first-order chi connectivity index (χ1) is 8.99. The summed E-state index contributed by atoms with van der Waals surface area (Å²) in [7, 11) is 0. The van der Waals surface area contributed by atoms with E-state index in [1.807, 2.05) is 0 Å². The molecule has 1 unspecified atom stereocenters. The van der Waals surface area contributed by atoms with E-state index in [1.165, 1.54) is 18.2 Å². The Balaban J connectivity index is 2.87. The Morgan fingerprint density at radius 2 is 1.65 bits per heavy atom. The topological polar surface area (TPSA) is 12.0 Å². The number of nitrogens with one attached hydrogen (secondary N) is 1. The predicted molar refractivity (Wildman–Crippen MR) is 80.8 cm³/mol. The van der Waals surface area contributed by atoms with E-state index >= 15 is 0 Å². The van der Waals surface area contributed by atoms with E-state index in [1.54, 1.807) is 0 Å². The Hall–Kier alpha value is -0.960. The van der Waals surface area contributed by atoms with E-state index in [9.17, 15) is 8.78 Å². The highest BCUT2D eigenvalue weighted by Gasteiger charge is 2.27. The molecular formula is C17H27F2N. The number of rotatable bonds is 4. The lowest BCUT2D eigenvalue weighted by atomic mass is 9.76. The largest absolute Gasteiger partial charge is 0.312 e. The molecule has 0 aliphatic carbocycles. The molecule has 1 atom stereocenters. The van der Waals surface area contributed by atoms with Crippen LogP contribution in [0.4, 0.5) is 8.78 Å². The molecule has 0 amide bonds. The van der Waals surface area contributed by atoms with Gasteiger partial charge in [0, 0.05) is 5.54 Å². The summed E-state index contributed by atoms with van der Waals surface area (Å²) >= 11 is 0. The summed E-state index contributed by atoms with van der Waals surface area (Å²) in [4.78, 5) is 0. The van der Waals surface area contributed by atoms with Crippen molar-refractivity contribution in [3.8, 4) is 0 Å². The van der Waals surface area contributed by atoms with Crippen LogP contribution < -0.4 is 5.32 Å². The first-order valence-corrected chi connectivity index (χ1v) is 7.18. The van der Waals surface area contributed by atoms with Crippen molar-refractivity contribution in [2.45, 2.75) is 53.5 Å². The zero-order valence-electron chi connectivity index (χ0n) is 13.5. The van der Waals surface area contributed by atoms with Crippen LogP contribution in [0.2, 0.25) is 0 Å². The molecule has 0 saturated carbocycles. The molecule has 1 N–H and O–H groups in total. The lowest BCUT2D eigenvalue weighted by molar-refractivity contribution is 0.212. The van der Waals surface area contributed by atoms with Crippen LogP contribution in [0, 0.1) is 23.0 Å². The molecular weight excluding hydrogens is 256 g/mol. The SMILES string of the molecule is CC(C)(C)NCC(Cc1cc(F)ccc1F)C(C)(C)C. The van der Waals surface area contributed by atoms with Gasteiger partial charge in [0.15, 0.2) is 0 Å². The van der Waals surface area contributed by atoms with Crippen LogP contribution in [0.5, 0.6) is 0 Å². The van der Waals surface area contributed by atoms with Crippen LogP contribution in [-0.4, -0.2) is 12.1 Å². The Morgan fingerprint density at radius 3 is 2.15 bits per heavy atom. The van der Waals surface area contributed by atoms with E-state index < -0.39 is 0 Å². The van der Waals surface area contributed by atoms with Crippen LogP contribution in [0.1, 0.15) is 47.1 Å². The van der Waals surface area contributed by atoms with E-state index in [0.29, 0.717) is 12.0 Å². The van der Waals surface area contributed by atoms with Crippen molar-refractivity contribution in [3.63, 3.8) is 0 Å². The van der Waals surface area contributed by atoms with E-state index in [4.69, 9.17) is 0 Å². The summed E-state index contributed by atoms with van der Waals surface area (Å²) < 4.78 is 27.1. The van der Waals surface area contributed by atoms with Crippen LogP contribution in [0.25, 0.3) is 0 Å². The van der Waals surface area contributed by atoms with Gasteiger partial charge in [-0.15, -0.1) is 0 Å². The van der Waals surface area contributed by atoms with Gasteiger partial charge in [0.25, 0.3) is 0 Å². The smallest absolute Gasteiger partial charge is 0.126 e. The maximum atomic E-state index is 13.8. The van der Waals surface area contributed by atoms with E-state index in [0.717, 1.165) is 6.54 Å². The fourth-order valence-corrected chi connectivity index (χ4v) is 2.08. The van der Waals surface area contributed by atoms with E-state index in [-0.39, 0.29) is 28.5 Å². The van der Waals surface area contributed by atoms with Crippen molar-refractivity contribution < 1.29 is 8.78 Å². The molecule has 0 radical (unpaired) electrons. The molecule has 3 heteroatoms. The minimum absolute atomic E-state index is 0.0178. The number of halogens is 2. The second-order valence-electron chi connectivity index (χ2n) is 7.63. The number of benzene rings is 1. The highest BCUT2D eigenvalue weighted by molar-refractivity contribution is 5.19. The molecule has 0 saturated heterocycles. The molecule has 0 bridgehead atoms. The first kappa shape index (κ1) is 17.1. The molecule has 1 rings (SSSR count). The van der Waals surface area contributed by atoms with Gasteiger partial charge in [-0.25, -0.2) is 8.78 Å². The van der Waals surface area contributed by atoms with Crippen LogP contribution in [0.3, 0.4) is 0 Å². The van der Waals surface area contributed by atoms with Crippen molar-refractivity contribution in [1.29, 1.82) is 0 Å². The van der Waals surface area contributed by atoms with Gasteiger partial charge in [-0.1, -0.05) is 20.8 Å². The fraction of sp³-hybridized carbons (Fsp3) is 0.647. The first-order valence-electron chi connectivity index (χ1n) is 7.18. The third-order valence-corrected chi connectivity index (χ3v) is 3.58. The summed E-state index contributed by atoms with van der Waals surface area (Å²) in [6.45, 7) is 13.5. The van der Waals surface area contributed by atoms with Crippen molar-refractivity contribution >= 4 is 0 Å². The third kappa shape index (κ3) is 5.58. The van der Waals surface area contributed by atoms with Gasteiger partial charge in [0.2, 0.25) is 0 Å². The normalized spacial score (nSPS) is 14.4. The molecule has 114 valence electrons. The third-order valence-electron chi connectivity index (χ3n) is 3.58. The number of hydrogen-bond donors (Lipinski definition) is 1. The molecule has 0 heterocycles. The Bertz CT molecular complexity index is 441. The van der Waals surface area contributed by atoms with Gasteiger partial charge in [0.1, 0.15) is 11.6 Å². The van der Waals surface area contributed by atoms with Gasteiger partial charge in [0.05, 0.1) is 0 Å². The monoisotopic (exact) mass is 283 g/mol. The van der Waals surface area contributed by atoms with Crippen molar-refractivity contribution in [3.05, 3.63) is 35.4 Å². The summed E-state index contributed by atoms with van der Waals surface area (Å²) in [5.74, 6) is -0.465. The maximum absolute atomic E-state index is 13.8. The van der Waals surface area contributed by atoms with Gasteiger partial charge < -0.3 is 5.32 Å². The molecule has 1 aromatic rings. The summed E-state index contributed by atoms with van der Waals surface area (Å²) in [5, 5.41) is 3.47. The van der Waals surface area contributed by atoms with Crippen LogP contribution >= 0.6 is 0 Å². The van der Waals surface area contributed by atoms with E-state index in [2.05, 4.69) is 46.9 Å². The molecule has 0 aliphatic rings. The molecule has 0 aliphatic heterocycles. The molecule has 0 fully saturated rings. The Morgan fingerprint density at radius 1 is 1.05 bits per heavy atom. The molecule has 0 aromatic heterocycles. The Kier molecular flexibility index (Phi) is 5.31. The van der Waals surface area contributed by atoms with Crippen molar-refractivity contribution in [2.75, 3.05) is 6.54 Å². The summed E-state index contributed by atoms with van der Waals surface area (Å²) in [6.07, 6.45) is 0.538. The fourth-order valence-electron chi connectivity index (χ4n) is 2.08. The molecule has 1 nitrogen and oxygen atoms in total. The minimum atomic E-state index is -0.377. The van der Waals surface area contributed by atoms with Gasteiger partial charge in [-0.3, -0.25) is 0 Å². The summed E-state index contributed by atoms with van der Waals surface area (Å²) in [6, 6.07) is 3.69. The highest BCUT2D eigenvalue weighted by Crippen LogP contribution is 2.30. The second-order valence-corrected chi connectivity index (χ2v) is 7.63. The Labute approximate surface area is 121 Å².